The molecular weight excluding hydrogens is 364 g/mol. The summed E-state index contributed by atoms with van der Waals surface area (Å²) in [7, 11) is 0. The van der Waals surface area contributed by atoms with Crippen LogP contribution in [0.1, 0.15) is 50.5 Å². The van der Waals surface area contributed by atoms with Gasteiger partial charge in [0.25, 0.3) is 0 Å². The van der Waals surface area contributed by atoms with Gasteiger partial charge < -0.3 is 10.2 Å². The van der Waals surface area contributed by atoms with Crippen LogP contribution in [0.25, 0.3) is 5.69 Å². The van der Waals surface area contributed by atoms with Gasteiger partial charge in [0.05, 0.1) is 11.6 Å². The van der Waals surface area contributed by atoms with Crippen molar-refractivity contribution in [2.24, 2.45) is 11.8 Å². The lowest BCUT2D eigenvalue weighted by Crippen LogP contribution is -2.47. The summed E-state index contributed by atoms with van der Waals surface area (Å²) in [5, 5.41) is 7.33. The number of piperidine rings is 1. The Morgan fingerprint density at radius 2 is 2.00 bits per heavy atom. The summed E-state index contributed by atoms with van der Waals surface area (Å²) in [4.78, 5) is 27.1. The highest BCUT2D eigenvalue weighted by Crippen LogP contribution is 2.27. The molecule has 29 heavy (non-hydrogen) atoms. The maximum atomic E-state index is 12.8. The summed E-state index contributed by atoms with van der Waals surface area (Å²) in [6, 6.07) is 9.90. The number of benzene rings is 1. The smallest absolute Gasteiger partial charge is 0.225 e. The number of carbonyl (C=O) groups excluding carboxylic acids is 2. The zero-order valence-corrected chi connectivity index (χ0v) is 16.9. The largest absolute Gasteiger partial charge is 0.352 e. The summed E-state index contributed by atoms with van der Waals surface area (Å²) in [5.41, 5.74) is 2.01. The number of carbonyl (C=O) groups is 2. The number of aromatic nitrogens is 2. The minimum absolute atomic E-state index is 0.0515. The summed E-state index contributed by atoms with van der Waals surface area (Å²) < 4.78 is 1.81. The molecule has 2 fully saturated rings. The minimum Gasteiger partial charge on any atom is -0.352 e. The molecule has 0 bridgehead atoms. The van der Waals surface area contributed by atoms with E-state index < -0.39 is 0 Å². The highest BCUT2D eigenvalue weighted by atomic mass is 16.2. The molecule has 1 aromatic heterocycles. The molecule has 2 amide bonds. The van der Waals surface area contributed by atoms with Gasteiger partial charge >= 0.3 is 0 Å². The third kappa shape index (κ3) is 5.05. The van der Waals surface area contributed by atoms with Crippen LogP contribution >= 0.6 is 0 Å². The lowest BCUT2D eigenvalue weighted by atomic mass is 9.87. The zero-order chi connectivity index (χ0) is 20.1. The molecule has 1 aliphatic carbocycles. The van der Waals surface area contributed by atoms with Gasteiger partial charge in [0, 0.05) is 38.4 Å². The Hall–Kier alpha value is -2.63. The highest BCUT2D eigenvalue weighted by molar-refractivity contribution is 5.83. The predicted molar refractivity (Wildman–Crippen MR) is 111 cm³/mol. The Morgan fingerprint density at radius 1 is 1.14 bits per heavy atom. The van der Waals surface area contributed by atoms with Gasteiger partial charge in [-0.2, -0.15) is 5.10 Å². The van der Waals surface area contributed by atoms with Crippen molar-refractivity contribution in [3.63, 3.8) is 0 Å². The van der Waals surface area contributed by atoms with Crippen LogP contribution in [0.3, 0.4) is 0 Å². The molecule has 154 valence electrons. The first-order valence-corrected chi connectivity index (χ1v) is 10.8. The van der Waals surface area contributed by atoms with Crippen molar-refractivity contribution in [2.45, 2.75) is 51.5 Å². The molecule has 1 saturated heterocycles. The summed E-state index contributed by atoms with van der Waals surface area (Å²) >= 11 is 0. The van der Waals surface area contributed by atoms with Crippen LogP contribution in [-0.2, 0) is 16.1 Å². The van der Waals surface area contributed by atoms with E-state index >= 15 is 0 Å². The number of nitrogens with zero attached hydrogens (tertiary/aromatic N) is 3. The number of amides is 2. The van der Waals surface area contributed by atoms with E-state index in [0.717, 1.165) is 17.8 Å². The van der Waals surface area contributed by atoms with E-state index in [4.69, 9.17) is 0 Å². The average Bonchev–Trinajstić information content (AvgIpc) is 3.30. The Morgan fingerprint density at radius 3 is 2.79 bits per heavy atom. The Labute approximate surface area is 172 Å². The molecule has 4 rings (SSSR count). The predicted octanol–water partition coefficient (Wildman–Crippen LogP) is 3.31. The number of nitrogens with one attached hydrogen (secondary N) is 1. The first kappa shape index (κ1) is 19.7. The molecule has 0 spiro atoms. The van der Waals surface area contributed by atoms with Gasteiger partial charge in [0.1, 0.15) is 0 Å². The fourth-order valence-electron chi connectivity index (χ4n) is 4.55. The van der Waals surface area contributed by atoms with Crippen LogP contribution in [-0.4, -0.2) is 39.6 Å². The molecule has 1 aliphatic heterocycles. The molecule has 1 atom stereocenters. The number of rotatable bonds is 6. The second-order valence-electron chi connectivity index (χ2n) is 8.38. The topological polar surface area (TPSA) is 67.2 Å². The fraction of sp³-hybridized carbons (Fsp3) is 0.522. The third-order valence-electron chi connectivity index (χ3n) is 6.22. The molecule has 1 aromatic carbocycles. The van der Waals surface area contributed by atoms with Gasteiger partial charge in [-0.1, -0.05) is 31.4 Å². The highest BCUT2D eigenvalue weighted by Gasteiger charge is 2.31. The number of likely N-dealkylation sites (tertiary alicyclic amines) is 1. The molecule has 2 aliphatic rings. The summed E-state index contributed by atoms with van der Waals surface area (Å²) in [5.74, 6) is 0.771. The normalized spacial score (nSPS) is 20.6. The third-order valence-corrected chi connectivity index (χ3v) is 6.22. The second kappa shape index (κ2) is 9.25. The first-order valence-electron chi connectivity index (χ1n) is 10.8. The van der Waals surface area contributed by atoms with Crippen LogP contribution in [0.4, 0.5) is 0 Å². The number of hydrogen-bond donors (Lipinski definition) is 1. The lowest BCUT2D eigenvalue weighted by molar-refractivity contribution is -0.139. The van der Waals surface area contributed by atoms with Crippen molar-refractivity contribution < 1.29 is 9.59 Å². The van der Waals surface area contributed by atoms with Crippen molar-refractivity contribution in [3.8, 4) is 5.69 Å². The first-order chi connectivity index (χ1) is 14.2. The van der Waals surface area contributed by atoms with E-state index in [2.05, 4.69) is 10.4 Å². The SMILES string of the molecule is O=C(NCc1cccc(-n2cccn2)c1)[C@H]1CCC(=O)N(CC2CCCCC2)C1. The molecule has 2 heterocycles. The van der Waals surface area contributed by atoms with Gasteiger partial charge in [-0.05, 0) is 48.9 Å². The van der Waals surface area contributed by atoms with Crippen molar-refractivity contribution >= 4 is 11.8 Å². The average molecular weight is 395 g/mol. The quantitative estimate of drug-likeness (QED) is 0.817. The fourth-order valence-corrected chi connectivity index (χ4v) is 4.55. The lowest BCUT2D eigenvalue weighted by Gasteiger charge is -2.35. The Bertz CT molecular complexity index is 827. The molecule has 2 aromatic rings. The van der Waals surface area contributed by atoms with E-state index in [1.165, 1.54) is 32.1 Å². The maximum Gasteiger partial charge on any atom is 0.225 e. The van der Waals surface area contributed by atoms with E-state index in [9.17, 15) is 9.59 Å². The van der Waals surface area contributed by atoms with Crippen molar-refractivity contribution in [2.75, 3.05) is 13.1 Å². The molecule has 6 nitrogen and oxygen atoms in total. The van der Waals surface area contributed by atoms with Crippen molar-refractivity contribution in [1.82, 2.24) is 20.0 Å². The van der Waals surface area contributed by atoms with Crippen molar-refractivity contribution in [3.05, 3.63) is 48.3 Å². The molecule has 6 heteroatoms. The van der Waals surface area contributed by atoms with Gasteiger partial charge in [0.2, 0.25) is 11.8 Å². The zero-order valence-electron chi connectivity index (χ0n) is 16.9. The second-order valence-corrected chi connectivity index (χ2v) is 8.38. The summed E-state index contributed by atoms with van der Waals surface area (Å²) in [6.07, 6.45) is 11.1. The van der Waals surface area contributed by atoms with Gasteiger partial charge in [0.15, 0.2) is 0 Å². The van der Waals surface area contributed by atoms with Crippen LogP contribution in [0.15, 0.2) is 42.7 Å². The molecular formula is C23H30N4O2. The van der Waals surface area contributed by atoms with Crippen LogP contribution in [0.2, 0.25) is 0 Å². The molecule has 0 unspecified atom stereocenters. The molecule has 1 saturated carbocycles. The van der Waals surface area contributed by atoms with E-state index in [1.54, 1.807) is 10.9 Å². The number of hydrogen-bond acceptors (Lipinski definition) is 3. The standard InChI is InChI=1S/C23H30N4O2/c28-22-11-10-20(17-26(22)16-18-6-2-1-3-7-18)23(29)24-15-19-8-4-9-21(14-19)27-13-5-12-25-27/h4-5,8-9,12-14,18,20H,1-3,6-7,10-11,15-17H2,(H,24,29)/t20-/m0/s1. The Kier molecular flexibility index (Phi) is 6.27. The van der Waals surface area contributed by atoms with E-state index in [-0.39, 0.29) is 17.7 Å². The monoisotopic (exact) mass is 394 g/mol. The van der Waals surface area contributed by atoms with Gasteiger partial charge in [-0.25, -0.2) is 4.68 Å². The molecule has 0 radical (unpaired) electrons. The van der Waals surface area contributed by atoms with Gasteiger partial charge in [-0.3, -0.25) is 9.59 Å². The van der Waals surface area contributed by atoms with E-state index in [1.807, 2.05) is 41.4 Å². The van der Waals surface area contributed by atoms with Crippen LogP contribution in [0, 0.1) is 11.8 Å². The Balaban J connectivity index is 1.31. The summed E-state index contributed by atoms with van der Waals surface area (Å²) in [6.45, 7) is 1.88. The molecule has 1 N–H and O–H groups in total. The van der Waals surface area contributed by atoms with Gasteiger partial charge in [-0.15, -0.1) is 0 Å². The van der Waals surface area contributed by atoms with Crippen molar-refractivity contribution in [1.29, 1.82) is 0 Å². The maximum absolute atomic E-state index is 12.8. The van der Waals surface area contributed by atoms with Crippen LogP contribution in [0.5, 0.6) is 0 Å². The minimum atomic E-state index is -0.106. The van der Waals surface area contributed by atoms with E-state index in [0.29, 0.717) is 31.8 Å². The van der Waals surface area contributed by atoms with Crippen LogP contribution < -0.4 is 5.32 Å².